The van der Waals surface area contributed by atoms with Gasteiger partial charge in [-0.2, -0.15) is 5.10 Å². The van der Waals surface area contributed by atoms with E-state index in [1.807, 2.05) is 10.9 Å². The first-order valence-electron chi connectivity index (χ1n) is 6.13. The number of hydrogen-bond acceptors (Lipinski definition) is 3. The maximum Gasteiger partial charge on any atom is 0.0857 e. The number of aromatic nitrogens is 2. The Morgan fingerprint density at radius 2 is 2.12 bits per heavy atom. The summed E-state index contributed by atoms with van der Waals surface area (Å²) in [6, 6.07) is 0.213. The summed E-state index contributed by atoms with van der Waals surface area (Å²) in [6.45, 7) is 10.1. The summed E-state index contributed by atoms with van der Waals surface area (Å²) in [5.41, 5.74) is 0.502. The summed E-state index contributed by atoms with van der Waals surface area (Å²) in [4.78, 5) is 0. The maximum absolute atomic E-state index is 9.53. The molecular weight excluding hydrogens is 216 g/mol. The van der Waals surface area contributed by atoms with Gasteiger partial charge in [-0.3, -0.25) is 4.68 Å². The molecule has 96 valence electrons. The van der Waals surface area contributed by atoms with E-state index >= 15 is 0 Å². The molecule has 2 heterocycles. The van der Waals surface area contributed by atoms with E-state index in [2.05, 4.69) is 32.8 Å². The molecule has 4 heteroatoms. The van der Waals surface area contributed by atoms with Crippen LogP contribution in [0.3, 0.4) is 0 Å². The molecule has 0 aliphatic carbocycles. The molecular formula is C13H22N2O2. The summed E-state index contributed by atoms with van der Waals surface area (Å²) < 4.78 is 7.98. The molecule has 2 atom stereocenters. The third kappa shape index (κ3) is 2.38. The third-order valence-corrected chi connectivity index (χ3v) is 3.45. The van der Waals surface area contributed by atoms with Crippen molar-refractivity contribution in [1.29, 1.82) is 0 Å². The highest BCUT2D eigenvalue weighted by Crippen LogP contribution is 2.44. The predicted molar refractivity (Wildman–Crippen MR) is 65.8 cm³/mol. The van der Waals surface area contributed by atoms with E-state index in [-0.39, 0.29) is 17.2 Å². The van der Waals surface area contributed by atoms with E-state index in [1.54, 1.807) is 13.1 Å². The molecule has 1 aliphatic rings. The molecule has 0 aromatic carbocycles. The molecule has 1 fully saturated rings. The van der Waals surface area contributed by atoms with Crippen molar-refractivity contribution < 1.29 is 9.84 Å². The molecule has 1 N–H and O–H groups in total. The average Bonchev–Trinajstić information content (AvgIpc) is 2.67. The van der Waals surface area contributed by atoms with Gasteiger partial charge in [0.05, 0.1) is 29.5 Å². The first kappa shape index (κ1) is 12.6. The van der Waals surface area contributed by atoms with Gasteiger partial charge in [0.1, 0.15) is 0 Å². The van der Waals surface area contributed by atoms with Gasteiger partial charge >= 0.3 is 0 Å². The van der Waals surface area contributed by atoms with Gasteiger partial charge in [0.25, 0.3) is 0 Å². The van der Waals surface area contributed by atoms with Crippen LogP contribution in [0.2, 0.25) is 0 Å². The minimum Gasteiger partial charge on any atom is -0.389 e. The van der Waals surface area contributed by atoms with Crippen molar-refractivity contribution in [2.45, 2.75) is 64.4 Å². The van der Waals surface area contributed by atoms with Gasteiger partial charge in [0, 0.05) is 18.2 Å². The molecule has 17 heavy (non-hydrogen) atoms. The van der Waals surface area contributed by atoms with Crippen molar-refractivity contribution in [3.05, 3.63) is 18.0 Å². The van der Waals surface area contributed by atoms with Gasteiger partial charge in [-0.25, -0.2) is 0 Å². The molecule has 0 amide bonds. The van der Waals surface area contributed by atoms with Crippen LogP contribution in [0.5, 0.6) is 0 Å². The number of aliphatic hydroxyl groups is 1. The maximum atomic E-state index is 9.53. The topological polar surface area (TPSA) is 47.3 Å². The van der Waals surface area contributed by atoms with Crippen molar-refractivity contribution in [2.75, 3.05) is 0 Å². The SMILES string of the molecule is CC(O)c1cnn(C2CC(C)(C)OC2(C)C)c1. The summed E-state index contributed by atoms with van der Waals surface area (Å²) >= 11 is 0. The standard InChI is InChI=1S/C13H22N2O2/c1-9(16)10-7-14-15(8-10)11-6-12(2,3)17-13(11,4)5/h7-9,11,16H,6H2,1-5H3. The van der Waals surface area contributed by atoms with Crippen molar-refractivity contribution >= 4 is 0 Å². The quantitative estimate of drug-likeness (QED) is 0.861. The van der Waals surface area contributed by atoms with Crippen molar-refractivity contribution in [1.82, 2.24) is 9.78 Å². The molecule has 0 saturated carbocycles. The minimum atomic E-state index is -0.470. The van der Waals surface area contributed by atoms with Gasteiger partial charge in [0.2, 0.25) is 0 Å². The molecule has 1 aliphatic heterocycles. The highest BCUT2D eigenvalue weighted by molar-refractivity contribution is 5.09. The second kappa shape index (κ2) is 3.82. The smallest absolute Gasteiger partial charge is 0.0857 e. The largest absolute Gasteiger partial charge is 0.389 e. The fourth-order valence-electron chi connectivity index (χ4n) is 2.68. The van der Waals surface area contributed by atoms with E-state index in [4.69, 9.17) is 4.74 Å². The zero-order chi connectivity index (χ0) is 12.8. The van der Waals surface area contributed by atoms with Crippen LogP contribution < -0.4 is 0 Å². The van der Waals surface area contributed by atoms with Crippen LogP contribution in [-0.2, 0) is 4.74 Å². The lowest BCUT2D eigenvalue weighted by Crippen LogP contribution is -2.31. The Hall–Kier alpha value is -0.870. The summed E-state index contributed by atoms with van der Waals surface area (Å²) in [5.74, 6) is 0. The highest BCUT2D eigenvalue weighted by atomic mass is 16.5. The van der Waals surface area contributed by atoms with Crippen molar-refractivity contribution in [2.24, 2.45) is 0 Å². The van der Waals surface area contributed by atoms with Crippen LogP contribution in [0.25, 0.3) is 0 Å². The van der Waals surface area contributed by atoms with E-state index in [0.29, 0.717) is 0 Å². The Bertz CT molecular complexity index is 407. The minimum absolute atomic E-state index is 0.120. The lowest BCUT2D eigenvalue weighted by Gasteiger charge is -2.27. The molecule has 1 aromatic heterocycles. The van der Waals surface area contributed by atoms with Crippen LogP contribution in [0.4, 0.5) is 0 Å². The molecule has 0 radical (unpaired) electrons. The number of hydrogen-bond donors (Lipinski definition) is 1. The molecule has 0 spiro atoms. The average molecular weight is 238 g/mol. The Morgan fingerprint density at radius 1 is 1.47 bits per heavy atom. The highest BCUT2D eigenvalue weighted by Gasteiger charge is 2.47. The lowest BCUT2D eigenvalue weighted by molar-refractivity contribution is -0.0737. The predicted octanol–water partition coefficient (Wildman–Crippen LogP) is 2.46. The van der Waals surface area contributed by atoms with Gasteiger partial charge in [0.15, 0.2) is 0 Å². The summed E-state index contributed by atoms with van der Waals surface area (Å²) in [5, 5.41) is 13.9. The van der Waals surface area contributed by atoms with E-state index in [1.165, 1.54) is 0 Å². The van der Waals surface area contributed by atoms with Crippen LogP contribution in [0.1, 0.15) is 58.7 Å². The zero-order valence-corrected chi connectivity index (χ0v) is 11.3. The van der Waals surface area contributed by atoms with Crippen LogP contribution in [0, 0.1) is 0 Å². The Kier molecular flexibility index (Phi) is 2.83. The fraction of sp³-hybridized carbons (Fsp3) is 0.769. The van der Waals surface area contributed by atoms with E-state index in [0.717, 1.165) is 12.0 Å². The third-order valence-electron chi connectivity index (χ3n) is 3.45. The second-order valence-electron chi connectivity index (χ2n) is 6.11. The van der Waals surface area contributed by atoms with E-state index in [9.17, 15) is 5.11 Å². The Labute approximate surface area is 103 Å². The molecule has 2 rings (SSSR count). The molecule has 1 aromatic rings. The Morgan fingerprint density at radius 3 is 2.53 bits per heavy atom. The van der Waals surface area contributed by atoms with Crippen molar-refractivity contribution in [3.8, 4) is 0 Å². The number of aliphatic hydroxyl groups excluding tert-OH is 1. The zero-order valence-electron chi connectivity index (χ0n) is 11.3. The van der Waals surface area contributed by atoms with Gasteiger partial charge < -0.3 is 9.84 Å². The van der Waals surface area contributed by atoms with Crippen LogP contribution in [-0.4, -0.2) is 26.1 Å². The van der Waals surface area contributed by atoms with Gasteiger partial charge in [-0.15, -0.1) is 0 Å². The lowest BCUT2D eigenvalue weighted by atomic mass is 9.95. The number of nitrogens with zero attached hydrogens (tertiary/aromatic N) is 2. The summed E-state index contributed by atoms with van der Waals surface area (Å²) in [7, 11) is 0. The molecule has 0 bridgehead atoms. The second-order valence-corrected chi connectivity index (χ2v) is 6.11. The Balaban J connectivity index is 2.27. The van der Waals surface area contributed by atoms with Gasteiger partial charge in [-0.05, 0) is 34.6 Å². The monoisotopic (exact) mass is 238 g/mol. The molecule has 4 nitrogen and oxygen atoms in total. The molecule has 1 saturated heterocycles. The normalized spacial score (nSPS) is 28.2. The van der Waals surface area contributed by atoms with Crippen molar-refractivity contribution in [3.63, 3.8) is 0 Å². The number of ether oxygens (including phenoxy) is 1. The summed E-state index contributed by atoms with van der Waals surface area (Å²) in [6.07, 6.45) is 4.11. The first-order chi connectivity index (χ1) is 7.71. The first-order valence-corrected chi connectivity index (χ1v) is 6.13. The van der Waals surface area contributed by atoms with Gasteiger partial charge in [-0.1, -0.05) is 0 Å². The molecule has 2 unspecified atom stereocenters. The fourth-order valence-corrected chi connectivity index (χ4v) is 2.68. The van der Waals surface area contributed by atoms with Crippen LogP contribution in [0.15, 0.2) is 12.4 Å². The number of rotatable bonds is 2. The van der Waals surface area contributed by atoms with Crippen LogP contribution >= 0.6 is 0 Å². The van der Waals surface area contributed by atoms with E-state index < -0.39 is 6.10 Å².